The van der Waals surface area contributed by atoms with Crippen molar-refractivity contribution in [2.24, 2.45) is 10.3 Å². The summed E-state index contributed by atoms with van der Waals surface area (Å²) in [6.45, 7) is 14.0. The van der Waals surface area contributed by atoms with Crippen molar-refractivity contribution in [3.05, 3.63) is 42.5 Å². The number of carbonyl (C=O) groups is 2. The van der Waals surface area contributed by atoms with Crippen molar-refractivity contribution in [3.63, 3.8) is 0 Å². The van der Waals surface area contributed by atoms with E-state index in [1.165, 1.54) is 12.4 Å². The van der Waals surface area contributed by atoms with Crippen LogP contribution in [0.1, 0.15) is 14.4 Å². The molecule has 0 aromatic rings. The SMILES string of the molecule is C.[CH2-]CN(C[CH2-])S(=O)(=O)C1(C(=O)NO)OC=NO1.[CH2-]CN(C[CH2-])S(=O)(=O)C1(C(=O)NO)ON=C(C)O1.[CH3-].[CH3-].[Y+3].[Y+3]. The second kappa shape index (κ2) is 20.4. The van der Waals surface area contributed by atoms with Gasteiger partial charge in [0.1, 0.15) is 0 Å². The maximum Gasteiger partial charge on any atom is 3.00 e. The first-order valence-electron chi connectivity index (χ1n) is 9.16. The van der Waals surface area contributed by atoms with Crippen LogP contribution in [0, 0.1) is 42.5 Å². The minimum absolute atomic E-state index is 0. The molecule has 0 saturated heterocycles. The van der Waals surface area contributed by atoms with Crippen LogP contribution in [0.3, 0.4) is 0 Å². The number of hydroxylamine groups is 2. The summed E-state index contributed by atoms with van der Waals surface area (Å²) in [5.74, 6) is -3.02. The number of amides is 2. The maximum absolute atomic E-state index is 12.2. The predicted molar refractivity (Wildman–Crippen MR) is 133 cm³/mol. The van der Waals surface area contributed by atoms with E-state index < -0.39 is 42.1 Å². The fraction of sp³-hybridized carbons (Fsp3) is 0.444. The van der Waals surface area contributed by atoms with Gasteiger partial charge in [-0.2, -0.15) is 0 Å². The molecule has 0 saturated carbocycles. The monoisotopic (exact) mass is 768 g/mol. The molecule has 18 nitrogen and oxygen atoms in total. The van der Waals surface area contributed by atoms with Crippen LogP contribution in [0.4, 0.5) is 0 Å². The number of carbonyl (C=O) groups excluding carboxylic acids is 2. The van der Waals surface area contributed by atoms with Gasteiger partial charge >= 0.3 is 108 Å². The Morgan fingerprint density at radius 3 is 1.52 bits per heavy atom. The van der Waals surface area contributed by atoms with E-state index in [9.17, 15) is 26.4 Å². The smallest absolute Gasteiger partial charge is 0.416 e. The molecule has 0 spiro atoms. The van der Waals surface area contributed by atoms with Crippen molar-refractivity contribution >= 4 is 44.2 Å². The third-order valence-electron chi connectivity index (χ3n) is 4.12. The van der Waals surface area contributed by atoms with Gasteiger partial charge in [-0.1, -0.05) is 7.43 Å². The van der Waals surface area contributed by atoms with Crippen LogP contribution in [0.25, 0.3) is 0 Å². The van der Waals surface area contributed by atoms with E-state index in [0.717, 1.165) is 14.1 Å². The van der Waals surface area contributed by atoms with Gasteiger partial charge in [0.2, 0.25) is 12.3 Å². The molecule has 0 aromatic heterocycles. The first kappa shape index (κ1) is 49.1. The molecule has 226 valence electrons. The van der Waals surface area contributed by atoms with E-state index in [2.05, 4.69) is 52.4 Å². The molecule has 0 fully saturated rings. The number of ether oxygens (including phenoxy) is 2. The van der Waals surface area contributed by atoms with Gasteiger partial charge in [0.15, 0.2) is 0 Å². The first-order chi connectivity index (χ1) is 16.3. The number of rotatable bonds is 10. The van der Waals surface area contributed by atoms with Crippen molar-refractivity contribution in [3.8, 4) is 0 Å². The molecular formula is C18H34N6O12S2Y2. The van der Waals surface area contributed by atoms with Crippen molar-refractivity contribution < 1.29 is 121 Å². The molecule has 22 heteroatoms. The first-order valence-corrected chi connectivity index (χ1v) is 12.0. The molecule has 0 bridgehead atoms. The standard InChI is InChI=1S/C8H13N3O6S.C7H11N3O6S.CH4.2CH3.2Y/c1-4-11(5-2)18(14,15)8(7(12)9-13)16-6(3)10-17-8;1-3-10(4-2)17(13,14)7(6(11)9-12)15-5-8-16-7;;;;;/h13H,1-2,4-5H2,3H3,(H,9,12);5,12H,1-4H2,(H,9,11);1H4;2*1H3;;/q2*-2;;2*-1;2*+3. The van der Waals surface area contributed by atoms with Crippen molar-refractivity contribution in [2.45, 2.75) is 24.6 Å². The minimum Gasteiger partial charge on any atom is -0.416 e. The molecule has 2 heterocycles. The second-order valence-corrected chi connectivity index (χ2v) is 10.0. The summed E-state index contributed by atoms with van der Waals surface area (Å²) in [6.07, 6.45) is 0.636. The topological polar surface area (TPSA) is 235 Å². The summed E-state index contributed by atoms with van der Waals surface area (Å²) in [7, 11) is -8.84. The Hall–Kier alpha value is -0.572. The van der Waals surface area contributed by atoms with Gasteiger partial charge in [-0.05, 0) is 10.3 Å². The van der Waals surface area contributed by atoms with Gasteiger partial charge in [0.25, 0.3) is 0 Å². The summed E-state index contributed by atoms with van der Waals surface area (Å²) < 4.78 is 59.4. The average Bonchev–Trinajstić information content (AvgIpc) is 3.49. The quantitative estimate of drug-likeness (QED) is 0.117. The van der Waals surface area contributed by atoms with Crippen LogP contribution in [0.2, 0.25) is 0 Å². The molecule has 0 aromatic carbocycles. The zero-order valence-electron chi connectivity index (χ0n) is 21.5. The predicted octanol–water partition coefficient (Wildman–Crippen LogP) is -1.21. The summed E-state index contributed by atoms with van der Waals surface area (Å²) in [6, 6.07) is 0. The zero-order valence-corrected chi connectivity index (χ0v) is 28.8. The Kier molecular flexibility index (Phi) is 25.0. The normalized spacial score (nSPS) is 20.4. The Morgan fingerprint density at radius 2 is 1.25 bits per heavy atom. The summed E-state index contributed by atoms with van der Waals surface area (Å²) in [5, 5.41) is 17.9. The Labute approximate surface area is 286 Å². The van der Waals surface area contributed by atoms with Crippen molar-refractivity contribution in [1.29, 1.82) is 0 Å². The van der Waals surface area contributed by atoms with Gasteiger partial charge in [-0.3, -0.25) is 28.6 Å². The van der Waals surface area contributed by atoms with Crippen LogP contribution in [0.15, 0.2) is 10.3 Å². The molecule has 2 atom stereocenters. The Balaban J connectivity index is -0.000000182. The van der Waals surface area contributed by atoms with E-state index in [0.29, 0.717) is 6.40 Å². The molecule has 2 aliphatic heterocycles. The molecule has 0 aliphatic carbocycles. The molecule has 40 heavy (non-hydrogen) atoms. The van der Waals surface area contributed by atoms with E-state index in [4.69, 9.17) is 15.2 Å². The molecule has 0 radical (unpaired) electrons. The van der Waals surface area contributed by atoms with Crippen LogP contribution in [-0.2, 0) is 114 Å². The number of oxime groups is 2. The Bertz CT molecular complexity index is 1050. The van der Waals surface area contributed by atoms with Crippen LogP contribution < -0.4 is 11.0 Å². The van der Waals surface area contributed by atoms with Gasteiger partial charge in [-0.15, -0.1) is 26.2 Å². The number of sulfonamides is 2. The van der Waals surface area contributed by atoms with Crippen LogP contribution in [-0.4, -0.2) is 96.4 Å². The van der Waals surface area contributed by atoms with Crippen molar-refractivity contribution in [1.82, 2.24) is 19.6 Å². The molecule has 2 amide bonds. The van der Waals surface area contributed by atoms with Gasteiger partial charge in [0, 0.05) is 6.92 Å². The molecule has 2 unspecified atom stereocenters. The number of hydrogen-bond donors (Lipinski definition) is 4. The summed E-state index contributed by atoms with van der Waals surface area (Å²) in [5.41, 5.74) is 2.31. The molecule has 4 N–H and O–H groups in total. The van der Waals surface area contributed by atoms with E-state index in [-0.39, 0.29) is 120 Å². The number of nitrogens with one attached hydrogen (secondary N) is 2. The van der Waals surface area contributed by atoms with E-state index >= 15 is 0 Å². The fourth-order valence-corrected chi connectivity index (χ4v) is 5.23. The number of nitrogens with zero attached hydrogens (tertiary/aromatic N) is 4. The third-order valence-corrected chi connectivity index (χ3v) is 8.26. The van der Waals surface area contributed by atoms with Crippen molar-refractivity contribution in [2.75, 3.05) is 26.2 Å². The van der Waals surface area contributed by atoms with Gasteiger partial charge in [-0.25, -0.2) is 27.8 Å². The van der Waals surface area contributed by atoms with Gasteiger partial charge in [0.05, 0.1) is 0 Å². The van der Waals surface area contributed by atoms with Crippen LogP contribution >= 0.6 is 0 Å². The average molecular weight is 768 g/mol. The second-order valence-electron chi connectivity index (χ2n) is 6.03. The minimum atomic E-state index is -4.43. The molecule has 2 rings (SSSR count). The third kappa shape index (κ3) is 9.21. The number of hydrogen-bond acceptors (Lipinski definition) is 14. The fourth-order valence-electron chi connectivity index (χ4n) is 2.37. The summed E-state index contributed by atoms with van der Waals surface area (Å²) >= 11 is 0. The van der Waals surface area contributed by atoms with Gasteiger partial charge < -0.3 is 61.7 Å². The summed E-state index contributed by atoms with van der Waals surface area (Å²) in [4.78, 5) is 31.9. The molecular weight excluding hydrogens is 734 g/mol. The maximum atomic E-state index is 12.2. The Morgan fingerprint density at radius 1 is 0.875 bits per heavy atom. The largest absolute Gasteiger partial charge is 3.00 e. The van der Waals surface area contributed by atoms with E-state index in [1.807, 2.05) is 0 Å². The zero-order chi connectivity index (χ0) is 27.1. The van der Waals surface area contributed by atoms with E-state index in [1.54, 1.807) is 0 Å². The molecule has 2 aliphatic rings. The van der Waals surface area contributed by atoms with Crippen LogP contribution in [0.5, 0.6) is 0 Å².